The van der Waals surface area contributed by atoms with E-state index in [0.717, 1.165) is 48.5 Å². The average Bonchev–Trinajstić information content (AvgIpc) is 3.03. The Kier molecular flexibility index (Phi) is 4.47. The zero-order valence-corrected chi connectivity index (χ0v) is 15.1. The minimum absolute atomic E-state index is 0.0919. The molecule has 1 amide bonds. The van der Waals surface area contributed by atoms with Gasteiger partial charge in [0, 0.05) is 24.3 Å². The first-order chi connectivity index (χ1) is 12.7. The van der Waals surface area contributed by atoms with Gasteiger partial charge in [-0.15, -0.1) is 0 Å². The monoisotopic (exact) mass is 348 g/mol. The number of para-hydroxylation sites is 1. The van der Waals surface area contributed by atoms with Crippen LogP contribution in [0.15, 0.2) is 48.5 Å². The second-order valence-electron chi connectivity index (χ2n) is 7.00. The van der Waals surface area contributed by atoms with Crippen LogP contribution >= 0.6 is 0 Å². The molecule has 1 aromatic heterocycles. The molecule has 26 heavy (non-hydrogen) atoms. The fraction of sp³-hybridized carbons (Fsp3) is 0.333. The third-order valence-corrected chi connectivity index (χ3v) is 5.32. The van der Waals surface area contributed by atoms with Crippen molar-refractivity contribution in [2.75, 3.05) is 19.6 Å². The van der Waals surface area contributed by atoms with E-state index in [1.165, 1.54) is 0 Å². The van der Waals surface area contributed by atoms with Crippen molar-refractivity contribution in [3.63, 3.8) is 0 Å². The number of piperidine rings is 1. The lowest BCUT2D eigenvalue weighted by Gasteiger charge is -2.31. The number of benzene rings is 2. The maximum Gasteiger partial charge on any atom is 0.253 e. The van der Waals surface area contributed by atoms with Gasteiger partial charge in [-0.25, -0.2) is 4.98 Å². The summed E-state index contributed by atoms with van der Waals surface area (Å²) in [6.45, 7) is 4.28. The number of nitrogens with two attached hydrogens (primary N) is 1. The minimum Gasteiger partial charge on any atom is -0.339 e. The molecule has 0 spiro atoms. The van der Waals surface area contributed by atoms with Gasteiger partial charge in [0.25, 0.3) is 5.91 Å². The van der Waals surface area contributed by atoms with Crippen LogP contribution in [0.1, 0.15) is 29.0 Å². The van der Waals surface area contributed by atoms with E-state index >= 15 is 0 Å². The Hall–Kier alpha value is -2.66. The first kappa shape index (κ1) is 16.8. The van der Waals surface area contributed by atoms with Gasteiger partial charge in [0.05, 0.1) is 11.0 Å². The molecule has 0 bridgehead atoms. The van der Waals surface area contributed by atoms with Crippen molar-refractivity contribution < 1.29 is 4.79 Å². The Morgan fingerprint density at radius 3 is 2.58 bits per heavy atom. The summed E-state index contributed by atoms with van der Waals surface area (Å²) < 4.78 is 2.12. The van der Waals surface area contributed by atoms with Crippen molar-refractivity contribution in [3.8, 4) is 5.69 Å². The average molecular weight is 348 g/mol. The second kappa shape index (κ2) is 6.92. The lowest BCUT2D eigenvalue weighted by molar-refractivity contribution is 0.0693. The molecule has 2 aromatic carbocycles. The summed E-state index contributed by atoms with van der Waals surface area (Å²) in [4.78, 5) is 19.5. The molecule has 1 aliphatic heterocycles. The van der Waals surface area contributed by atoms with Crippen molar-refractivity contribution in [2.45, 2.75) is 19.8 Å². The highest BCUT2D eigenvalue weighted by Gasteiger charge is 2.23. The number of aromatic nitrogens is 2. The highest BCUT2D eigenvalue weighted by Crippen LogP contribution is 2.24. The van der Waals surface area contributed by atoms with E-state index in [1.807, 2.05) is 48.2 Å². The standard InChI is InChI=1S/C21H24N4O/c1-15-23-19-13-17(21(26)24-11-9-16(14-22)10-12-24)7-8-20(19)25(15)18-5-3-2-4-6-18/h2-8,13,16H,9-12,14,22H2,1H3. The maximum atomic E-state index is 12.9. The van der Waals surface area contributed by atoms with Crippen molar-refractivity contribution in [2.24, 2.45) is 11.7 Å². The van der Waals surface area contributed by atoms with Gasteiger partial charge in [-0.1, -0.05) is 18.2 Å². The number of amides is 1. The number of aryl methyl sites for hydroxylation is 1. The van der Waals surface area contributed by atoms with Gasteiger partial charge in [-0.2, -0.15) is 0 Å². The molecule has 0 unspecified atom stereocenters. The number of hydrogen-bond acceptors (Lipinski definition) is 3. The van der Waals surface area contributed by atoms with Gasteiger partial charge in [0.15, 0.2) is 0 Å². The van der Waals surface area contributed by atoms with E-state index in [0.29, 0.717) is 18.0 Å². The van der Waals surface area contributed by atoms with Crippen molar-refractivity contribution in [1.29, 1.82) is 0 Å². The molecule has 1 fully saturated rings. The van der Waals surface area contributed by atoms with Gasteiger partial charge in [-0.05, 0) is 62.6 Å². The second-order valence-corrected chi connectivity index (χ2v) is 7.00. The molecule has 134 valence electrons. The molecule has 3 aromatic rings. The molecule has 2 N–H and O–H groups in total. The summed E-state index contributed by atoms with van der Waals surface area (Å²) in [6, 6.07) is 16.0. The minimum atomic E-state index is 0.0919. The van der Waals surface area contributed by atoms with Crippen LogP contribution in [0, 0.1) is 12.8 Å². The Morgan fingerprint density at radius 1 is 1.15 bits per heavy atom. The van der Waals surface area contributed by atoms with Gasteiger partial charge in [0.1, 0.15) is 5.82 Å². The molecule has 0 atom stereocenters. The van der Waals surface area contributed by atoms with E-state index in [4.69, 9.17) is 5.73 Å². The normalized spacial score (nSPS) is 15.5. The lowest BCUT2D eigenvalue weighted by atomic mass is 9.96. The number of hydrogen-bond donors (Lipinski definition) is 1. The molecule has 4 rings (SSSR count). The van der Waals surface area contributed by atoms with E-state index in [9.17, 15) is 4.79 Å². The molecular formula is C21H24N4O. The van der Waals surface area contributed by atoms with Crippen LogP contribution in [0.5, 0.6) is 0 Å². The molecular weight excluding hydrogens is 324 g/mol. The maximum absolute atomic E-state index is 12.9. The summed E-state index contributed by atoms with van der Waals surface area (Å²) in [7, 11) is 0. The van der Waals surface area contributed by atoms with Crippen LogP contribution in [0.2, 0.25) is 0 Å². The molecule has 5 heteroatoms. The molecule has 0 aliphatic carbocycles. The third kappa shape index (κ3) is 2.99. The van der Waals surface area contributed by atoms with Crippen molar-refractivity contribution >= 4 is 16.9 Å². The summed E-state index contributed by atoms with van der Waals surface area (Å²) >= 11 is 0. The van der Waals surface area contributed by atoms with Crippen LogP contribution in [0.3, 0.4) is 0 Å². The molecule has 0 radical (unpaired) electrons. The molecule has 1 aliphatic rings. The van der Waals surface area contributed by atoms with E-state index in [-0.39, 0.29) is 5.91 Å². The van der Waals surface area contributed by atoms with E-state index < -0.39 is 0 Å². The third-order valence-electron chi connectivity index (χ3n) is 5.32. The number of imidazole rings is 1. The Balaban J connectivity index is 1.64. The van der Waals surface area contributed by atoms with Gasteiger partial charge >= 0.3 is 0 Å². The largest absolute Gasteiger partial charge is 0.339 e. The fourth-order valence-corrected chi connectivity index (χ4v) is 3.79. The number of nitrogens with zero attached hydrogens (tertiary/aromatic N) is 3. The van der Waals surface area contributed by atoms with Gasteiger partial charge in [0.2, 0.25) is 0 Å². The molecule has 2 heterocycles. The summed E-state index contributed by atoms with van der Waals surface area (Å²) in [6.07, 6.45) is 1.98. The van der Waals surface area contributed by atoms with Crippen LogP contribution in [-0.2, 0) is 0 Å². The highest BCUT2D eigenvalue weighted by molar-refractivity contribution is 5.97. The zero-order valence-electron chi connectivity index (χ0n) is 15.1. The number of rotatable bonds is 3. The molecule has 5 nitrogen and oxygen atoms in total. The van der Waals surface area contributed by atoms with Crippen LogP contribution in [-0.4, -0.2) is 40.0 Å². The van der Waals surface area contributed by atoms with Crippen LogP contribution < -0.4 is 5.73 Å². The Morgan fingerprint density at radius 2 is 1.88 bits per heavy atom. The van der Waals surface area contributed by atoms with Crippen molar-refractivity contribution in [3.05, 3.63) is 59.9 Å². The highest BCUT2D eigenvalue weighted by atomic mass is 16.2. The summed E-state index contributed by atoms with van der Waals surface area (Å²) in [5.74, 6) is 1.56. The predicted octanol–water partition coefficient (Wildman–Crippen LogP) is 3.14. The van der Waals surface area contributed by atoms with Crippen molar-refractivity contribution in [1.82, 2.24) is 14.5 Å². The summed E-state index contributed by atoms with van der Waals surface area (Å²) in [5, 5.41) is 0. The first-order valence-corrected chi connectivity index (χ1v) is 9.21. The fourth-order valence-electron chi connectivity index (χ4n) is 3.79. The van der Waals surface area contributed by atoms with Gasteiger partial charge < -0.3 is 10.6 Å². The number of fused-ring (bicyclic) bond motifs is 1. The molecule has 1 saturated heterocycles. The lowest BCUT2D eigenvalue weighted by Crippen LogP contribution is -2.40. The number of carbonyl (C=O) groups is 1. The first-order valence-electron chi connectivity index (χ1n) is 9.21. The number of likely N-dealkylation sites (tertiary alicyclic amines) is 1. The topological polar surface area (TPSA) is 64.2 Å². The molecule has 0 saturated carbocycles. The predicted molar refractivity (Wildman–Crippen MR) is 103 cm³/mol. The van der Waals surface area contributed by atoms with Crippen LogP contribution in [0.4, 0.5) is 0 Å². The van der Waals surface area contributed by atoms with E-state index in [2.05, 4.69) is 21.7 Å². The Bertz CT molecular complexity index is 924. The Labute approximate surface area is 153 Å². The quantitative estimate of drug-likeness (QED) is 0.791. The number of carbonyl (C=O) groups excluding carboxylic acids is 1. The summed E-state index contributed by atoms with van der Waals surface area (Å²) in [5.41, 5.74) is 9.41. The van der Waals surface area contributed by atoms with Gasteiger partial charge in [-0.3, -0.25) is 9.36 Å². The smallest absolute Gasteiger partial charge is 0.253 e. The SMILES string of the molecule is Cc1nc2cc(C(=O)N3CCC(CN)CC3)ccc2n1-c1ccccc1. The van der Waals surface area contributed by atoms with E-state index in [1.54, 1.807) is 0 Å². The zero-order chi connectivity index (χ0) is 18.1. The van der Waals surface area contributed by atoms with Crippen LogP contribution in [0.25, 0.3) is 16.7 Å².